The van der Waals surface area contributed by atoms with Crippen LogP contribution in [0.15, 0.2) is 35.9 Å². The first-order chi connectivity index (χ1) is 10.2. The van der Waals surface area contributed by atoms with Crippen molar-refractivity contribution in [1.82, 2.24) is 0 Å². The summed E-state index contributed by atoms with van der Waals surface area (Å²) in [6.07, 6.45) is 12.4. The Hall–Kier alpha value is -1.08. The number of allylic oxidation sites excluding steroid dienone is 1. The first-order valence-electron chi connectivity index (χ1n) is 8.67. The summed E-state index contributed by atoms with van der Waals surface area (Å²) in [5.41, 5.74) is 3.37. The lowest BCUT2D eigenvalue weighted by atomic mass is 9.79. The number of hydrogen-bond acceptors (Lipinski definition) is 1. The van der Waals surface area contributed by atoms with Crippen LogP contribution < -0.4 is 0 Å². The quantitative estimate of drug-likeness (QED) is 0.517. The molecule has 0 amide bonds. The molecule has 1 aliphatic rings. The van der Waals surface area contributed by atoms with Crippen molar-refractivity contribution < 1.29 is 5.11 Å². The van der Waals surface area contributed by atoms with Gasteiger partial charge in [-0.1, -0.05) is 69.0 Å². The van der Waals surface area contributed by atoms with E-state index in [-0.39, 0.29) is 0 Å². The molecule has 1 N–H and O–H groups in total. The second-order valence-corrected chi connectivity index (χ2v) is 6.50. The number of unbranched alkanes of at least 4 members (excludes halogenated alkanes) is 2. The molecule has 1 unspecified atom stereocenters. The summed E-state index contributed by atoms with van der Waals surface area (Å²) in [5.74, 6) is 0. The summed E-state index contributed by atoms with van der Waals surface area (Å²) in [5, 5.41) is 10.9. The van der Waals surface area contributed by atoms with Gasteiger partial charge in [-0.3, -0.25) is 0 Å². The van der Waals surface area contributed by atoms with E-state index in [0.29, 0.717) is 0 Å². The standard InChI is InChI=1S/C20H30O/c1-3-5-6-8-18-13-15-20(21,16-14-18)19-11-9-17(7-4-2)10-12-19/h9-13,21H,3-8,14-16H2,1-2H3. The number of benzene rings is 1. The van der Waals surface area contributed by atoms with E-state index in [0.717, 1.165) is 31.2 Å². The van der Waals surface area contributed by atoms with Crippen molar-refractivity contribution in [3.63, 3.8) is 0 Å². The van der Waals surface area contributed by atoms with Crippen molar-refractivity contribution in [2.75, 3.05) is 0 Å². The van der Waals surface area contributed by atoms with Gasteiger partial charge in [0, 0.05) is 0 Å². The van der Waals surface area contributed by atoms with Gasteiger partial charge in [0.25, 0.3) is 0 Å². The van der Waals surface area contributed by atoms with Gasteiger partial charge in [0.15, 0.2) is 0 Å². The lowest BCUT2D eigenvalue weighted by Crippen LogP contribution is -2.27. The highest BCUT2D eigenvalue weighted by molar-refractivity contribution is 5.30. The van der Waals surface area contributed by atoms with Gasteiger partial charge in [-0.2, -0.15) is 0 Å². The normalized spacial score (nSPS) is 22.1. The summed E-state index contributed by atoms with van der Waals surface area (Å²) < 4.78 is 0. The average Bonchev–Trinajstić information content (AvgIpc) is 2.51. The Balaban J connectivity index is 1.97. The largest absolute Gasteiger partial charge is 0.385 e. The molecule has 0 bridgehead atoms. The minimum atomic E-state index is -0.640. The Morgan fingerprint density at radius 1 is 1.00 bits per heavy atom. The molecule has 0 heterocycles. The predicted octanol–water partition coefficient (Wildman–Crippen LogP) is 5.52. The van der Waals surface area contributed by atoms with Crippen LogP contribution in [0.2, 0.25) is 0 Å². The van der Waals surface area contributed by atoms with Crippen molar-refractivity contribution in [2.24, 2.45) is 0 Å². The molecule has 0 radical (unpaired) electrons. The molecule has 1 heteroatoms. The highest BCUT2D eigenvalue weighted by Gasteiger charge is 2.30. The van der Waals surface area contributed by atoms with Gasteiger partial charge < -0.3 is 5.11 Å². The molecule has 0 saturated carbocycles. The fourth-order valence-corrected chi connectivity index (χ4v) is 3.25. The Labute approximate surface area is 130 Å². The Bertz CT molecular complexity index is 457. The minimum Gasteiger partial charge on any atom is -0.385 e. The van der Waals surface area contributed by atoms with Gasteiger partial charge in [-0.05, 0) is 49.7 Å². The van der Waals surface area contributed by atoms with Crippen molar-refractivity contribution >= 4 is 0 Å². The second-order valence-electron chi connectivity index (χ2n) is 6.50. The number of rotatable bonds is 7. The Morgan fingerprint density at radius 3 is 2.33 bits per heavy atom. The maximum atomic E-state index is 10.9. The molecule has 2 rings (SSSR count). The molecule has 1 nitrogen and oxygen atoms in total. The van der Waals surface area contributed by atoms with Gasteiger partial charge >= 0.3 is 0 Å². The summed E-state index contributed by atoms with van der Waals surface area (Å²) in [6.45, 7) is 4.45. The third-order valence-corrected chi connectivity index (χ3v) is 4.72. The van der Waals surface area contributed by atoms with E-state index in [2.05, 4.69) is 44.2 Å². The molecule has 0 fully saturated rings. The van der Waals surface area contributed by atoms with Crippen molar-refractivity contribution in [1.29, 1.82) is 0 Å². The van der Waals surface area contributed by atoms with E-state index < -0.39 is 5.60 Å². The summed E-state index contributed by atoms with van der Waals surface area (Å²) in [4.78, 5) is 0. The van der Waals surface area contributed by atoms with E-state index in [9.17, 15) is 5.11 Å². The van der Waals surface area contributed by atoms with Crippen LogP contribution in [0, 0.1) is 0 Å². The monoisotopic (exact) mass is 286 g/mol. The van der Waals surface area contributed by atoms with Gasteiger partial charge in [0.05, 0.1) is 5.60 Å². The molecule has 1 aromatic carbocycles. The maximum Gasteiger partial charge on any atom is 0.0933 e. The maximum absolute atomic E-state index is 10.9. The molecular weight excluding hydrogens is 256 g/mol. The first kappa shape index (κ1) is 16.3. The zero-order chi connectivity index (χ0) is 15.1. The number of aryl methyl sites for hydroxylation is 1. The van der Waals surface area contributed by atoms with E-state index in [1.165, 1.54) is 37.7 Å². The van der Waals surface area contributed by atoms with Crippen molar-refractivity contribution in [3.8, 4) is 0 Å². The Morgan fingerprint density at radius 2 is 1.76 bits per heavy atom. The fraction of sp³-hybridized carbons (Fsp3) is 0.600. The molecule has 116 valence electrons. The molecule has 0 saturated heterocycles. The van der Waals surface area contributed by atoms with E-state index in [1.54, 1.807) is 5.57 Å². The fourth-order valence-electron chi connectivity index (χ4n) is 3.25. The van der Waals surface area contributed by atoms with Gasteiger partial charge in [-0.25, -0.2) is 0 Å². The van der Waals surface area contributed by atoms with E-state index in [1.807, 2.05) is 0 Å². The molecule has 1 aliphatic carbocycles. The van der Waals surface area contributed by atoms with Crippen LogP contribution in [-0.4, -0.2) is 5.11 Å². The van der Waals surface area contributed by atoms with Crippen LogP contribution in [0.25, 0.3) is 0 Å². The average molecular weight is 286 g/mol. The minimum absolute atomic E-state index is 0.640. The molecule has 21 heavy (non-hydrogen) atoms. The molecule has 0 aliphatic heterocycles. The van der Waals surface area contributed by atoms with Crippen LogP contribution in [0.5, 0.6) is 0 Å². The third kappa shape index (κ3) is 4.44. The molecular formula is C20H30O. The first-order valence-corrected chi connectivity index (χ1v) is 8.67. The second kappa shape index (κ2) is 7.79. The molecule has 0 spiro atoms. The predicted molar refractivity (Wildman–Crippen MR) is 90.4 cm³/mol. The van der Waals surface area contributed by atoms with E-state index >= 15 is 0 Å². The summed E-state index contributed by atoms with van der Waals surface area (Å²) in [7, 11) is 0. The van der Waals surface area contributed by atoms with Gasteiger partial charge in [0.2, 0.25) is 0 Å². The van der Waals surface area contributed by atoms with E-state index in [4.69, 9.17) is 0 Å². The number of hydrogen-bond donors (Lipinski definition) is 1. The number of aliphatic hydroxyl groups is 1. The van der Waals surface area contributed by atoms with Gasteiger partial charge in [-0.15, -0.1) is 0 Å². The lowest BCUT2D eigenvalue weighted by Gasteiger charge is -2.32. The zero-order valence-electron chi connectivity index (χ0n) is 13.7. The zero-order valence-corrected chi connectivity index (χ0v) is 13.7. The van der Waals surface area contributed by atoms with Crippen LogP contribution in [0.1, 0.15) is 76.3 Å². The molecule has 1 aromatic rings. The van der Waals surface area contributed by atoms with Crippen LogP contribution in [-0.2, 0) is 12.0 Å². The van der Waals surface area contributed by atoms with Crippen molar-refractivity contribution in [2.45, 2.75) is 77.2 Å². The van der Waals surface area contributed by atoms with Crippen LogP contribution in [0.4, 0.5) is 0 Å². The smallest absolute Gasteiger partial charge is 0.0933 e. The summed E-state index contributed by atoms with van der Waals surface area (Å²) >= 11 is 0. The lowest BCUT2D eigenvalue weighted by molar-refractivity contribution is 0.0255. The molecule has 0 aromatic heterocycles. The van der Waals surface area contributed by atoms with Crippen LogP contribution >= 0.6 is 0 Å². The highest BCUT2D eigenvalue weighted by Crippen LogP contribution is 2.37. The highest BCUT2D eigenvalue weighted by atomic mass is 16.3. The third-order valence-electron chi connectivity index (χ3n) is 4.72. The van der Waals surface area contributed by atoms with Crippen LogP contribution in [0.3, 0.4) is 0 Å². The van der Waals surface area contributed by atoms with Crippen molar-refractivity contribution in [3.05, 3.63) is 47.0 Å². The van der Waals surface area contributed by atoms with Gasteiger partial charge in [0.1, 0.15) is 0 Å². The molecule has 1 atom stereocenters. The topological polar surface area (TPSA) is 20.2 Å². The summed E-state index contributed by atoms with van der Waals surface area (Å²) in [6, 6.07) is 8.61. The SMILES string of the molecule is CCCCCC1=CCC(O)(c2ccc(CCC)cc2)CC1. The Kier molecular flexibility index (Phi) is 6.05.